The lowest BCUT2D eigenvalue weighted by Crippen LogP contribution is -2.23. The van der Waals surface area contributed by atoms with Gasteiger partial charge < -0.3 is 15.5 Å². The Balaban J connectivity index is 0.000000169. The molecule has 294 valence electrons. The Labute approximate surface area is 349 Å². The molecule has 0 saturated carbocycles. The number of nitrogens with one attached hydrogen (secondary N) is 2. The Morgan fingerprint density at radius 2 is 1.22 bits per heavy atom. The highest BCUT2D eigenvalue weighted by Crippen LogP contribution is 2.26. The number of rotatable bonds is 7. The smallest absolute Gasteiger partial charge is 0.274 e. The number of halogens is 2. The lowest BCUT2D eigenvalue weighted by molar-refractivity contribution is 0.101. The van der Waals surface area contributed by atoms with Gasteiger partial charge in [0.2, 0.25) is 0 Å². The van der Waals surface area contributed by atoms with Gasteiger partial charge in [-0.25, -0.2) is 13.8 Å². The number of amides is 2. The highest BCUT2D eigenvalue weighted by molar-refractivity contribution is 9.10. The molecule has 8 aromatic rings. The summed E-state index contributed by atoms with van der Waals surface area (Å²) in [5, 5.41) is 19.0. The van der Waals surface area contributed by atoms with Crippen LogP contribution in [0.5, 0.6) is 0 Å². The summed E-state index contributed by atoms with van der Waals surface area (Å²) >= 11 is 3.48. The van der Waals surface area contributed by atoms with Crippen LogP contribution in [0.25, 0.3) is 32.9 Å². The Kier molecular flexibility index (Phi) is 10.9. The van der Waals surface area contributed by atoms with E-state index in [0.717, 1.165) is 66.7 Å². The predicted octanol–water partition coefficient (Wildman–Crippen LogP) is 10.1. The lowest BCUT2D eigenvalue weighted by Gasteiger charge is -2.15. The van der Waals surface area contributed by atoms with Gasteiger partial charge in [-0.3, -0.25) is 14.6 Å². The van der Waals surface area contributed by atoms with Crippen molar-refractivity contribution < 1.29 is 14.0 Å². The molecule has 0 fully saturated rings. The average molecular weight is 848 g/mol. The monoisotopic (exact) mass is 846 g/mol. The van der Waals surface area contributed by atoms with Crippen LogP contribution in [-0.4, -0.2) is 62.2 Å². The second kappa shape index (κ2) is 16.5. The van der Waals surface area contributed by atoms with Gasteiger partial charge in [0.25, 0.3) is 11.8 Å². The van der Waals surface area contributed by atoms with Crippen LogP contribution in [0.4, 0.5) is 15.8 Å². The topological polar surface area (TPSA) is 109 Å². The molecule has 12 heteroatoms. The minimum absolute atomic E-state index is 0.110. The van der Waals surface area contributed by atoms with E-state index in [-0.39, 0.29) is 11.6 Å². The van der Waals surface area contributed by atoms with Crippen LogP contribution in [-0.2, 0) is 0 Å². The first-order valence-corrected chi connectivity index (χ1v) is 19.9. The summed E-state index contributed by atoms with van der Waals surface area (Å²) < 4.78 is 19.1. The Bertz CT molecular complexity index is 2920. The first-order chi connectivity index (χ1) is 28.5. The van der Waals surface area contributed by atoms with Crippen LogP contribution in [0.3, 0.4) is 0 Å². The van der Waals surface area contributed by atoms with Crippen molar-refractivity contribution in [3.63, 3.8) is 0 Å². The number of hydrogen-bond acceptors (Lipinski definition) is 6. The largest absolute Gasteiger partial charge is 0.358 e. The molecule has 9 rings (SSSR count). The van der Waals surface area contributed by atoms with E-state index in [9.17, 15) is 14.0 Å². The number of hydrogen-bond donors (Lipinski definition) is 2. The van der Waals surface area contributed by atoms with E-state index in [1.165, 1.54) is 6.07 Å². The van der Waals surface area contributed by atoms with Crippen LogP contribution in [0, 0.1) is 26.6 Å². The number of fused-ring (bicyclic) bond motifs is 2. The fourth-order valence-electron chi connectivity index (χ4n) is 6.98. The number of anilines is 2. The molecule has 2 aromatic heterocycles. The Morgan fingerprint density at radius 1 is 0.644 bits per heavy atom. The summed E-state index contributed by atoms with van der Waals surface area (Å²) in [5.41, 5.74) is 6.66. The maximum absolute atomic E-state index is 14.8. The predicted molar refractivity (Wildman–Crippen MR) is 237 cm³/mol. The van der Waals surface area contributed by atoms with Gasteiger partial charge >= 0.3 is 0 Å². The van der Waals surface area contributed by atoms with E-state index in [2.05, 4.69) is 53.9 Å². The molecule has 1 aliphatic rings. The van der Waals surface area contributed by atoms with Crippen LogP contribution in [0.1, 0.15) is 43.5 Å². The maximum atomic E-state index is 14.8. The number of amidine groups is 1. The maximum Gasteiger partial charge on any atom is 0.274 e. The summed E-state index contributed by atoms with van der Waals surface area (Å²) in [5.74, 6) is -0.372. The van der Waals surface area contributed by atoms with Gasteiger partial charge in [-0.1, -0.05) is 76.1 Å². The zero-order valence-corrected chi connectivity index (χ0v) is 34.5. The van der Waals surface area contributed by atoms with Crippen LogP contribution >= 0.6 is 15.9 Å². The quantitative estimate of drug-likeness (QED) is 0.166. The van der Waals surface area contributed by atoms with Crippen molar-refractivity contribution in [1.29, 1.82) is 0 Å². The number of aliphatic imine (C=N–C) groups is 1. The summed E-state index contributed by atoms with van der Waals surface area (Å²) in [6.45, 7) is 7.23. The zero-order valence-electron chi connectivity index (χ0n) is 32.9. The number of aromatic nitrogens is 4. The molecule has 0 bridgehead atoms. The van der Waals surface area contributed by atoms with Gasteiger partial charge in [-0.15, -0.1) is 0 Å². The molecule has 0 saturated heterocycles. The van der Waals surface area contributed by atoms with Crippen molar-refractivity contribution in [3.8, 4) is 11.4 Å². The normalized spacial score (nSPS) is 12.3. The van der Waals surface area contributed by atoms with Crippen molar-refractivity contribution >= 4 is 66.5 Å². The molecule has 0 radical (unpaired) electrons. The molecule has 0 spiro atoms. The first kappa shape index (κ1) is 38.9. The number of carbonyl (C=O) groups is 2. The van der Waals surface area contributed by atoms with Gasteiger partial charge in [-0.2, -0.15) is 10.2 Å². The molecule has 2 N–H and O–H groups in total. The van der Waals surface area contributed by atoms with Crippen molar-refractivity contribution in [3.05, 3.63) is 178 Å². The van der Waals surface area contributed by atoms with E-state index in [1.54, 1.807) is 33.6 Å². The molecule has 0 atom stereocenters. The Morgan fingerprint density at radius 3 is 1.85 bits per heavy atom. The van der Waals surface area contributed by atoms with E-state index < -0.39 is 11.7 Å². The molecular weight excluding hydrogens is 807 g/mol. The zero-order chi connectivity index (χ0) is 41.2. The minimum Gasteiger partial charge on any atom is -0.358 e. The van der Waals surface area contributed by atoms with Gasteiger partial charge in [-0.05, 0) is 121 Å². The third kappa shape index (κ3) is 8.53. The Hall–Kier alpha value is -6.92. The van der Waals surface area contributed by atoms with E-state index in [1.807, 2.05) is 124 Å². The standard InChI is InChI=1S/C25H21BrFN5O.C22H19N3O/c1-15-11-23(32(30-15)20-7-4-16-12-19(26)6-3-17(16)13-20)25(33)29-22-8-5-18(14-21(22)27)24-28-9-10-31(24)2;1-15-7-10-19(11-8-15)23-22(26)21-13-16(2)24-25(21)20-12-9-17-5-3-4-6-18(17)14-20/h3-8,11-14H,9-10H2,1-2H3,(H,29,33);3-14H,1-2H3,(H,23,26). The van der Waals surface area contributed by atoms with Crippen molar-refractivity contribution in [2.45, 2.75) is 20.8 Å². The summed E-state index contributed by atoms with van der Waals surface area (Å²) in [7, 11) is 1.93. The highest BCUT2D eigenvalue weighted by Gasteiger charge is 2.20. The molecule has 59 heavy (non-hydrogen) atoms. The van der Waals surface area contributed by atoms with Gasteiger partial charge in [0.05, 0.1) is 35.0 Å². The first-order valence-electron chi connectivity index (χ1n) is 19.1. The van der Waals surface area contributed by atoms with E-state index >= 15 is 0 Å². The minimum atomic E-state index is -0.511. The fraction of sp³-hybridized carbons (Fsp3) is 0.128. The molecule has 0 aliphatic carbocycles. The average Bonchev–Trinajstić information content (AvgIpc) is 3.97. The summed E-state index contributed by atoms with van der Waals surface area (Å²) in [4.78, 5) is 32.3. The third-order valence-electron chi connectivity index (χ3n) is 9.98. The van der Waals surface area contributed by atoms with Crippen molar-refractivity contribution in [2.24, 2.45) is 4.99 Å². The van der Waals surface area contributed by atoms with Crippen molar-refractivity contribution in [1.82, 2.24) is 24.5 Å². The van der Waals surface area contributed by atoms with Gasteiger partial charge in [0.1, 0.15) is 23.0 Å². The number of nitrogens with zero attached hydrogens (tertiary/aromatic N) is 6. The second-order valence-corrected chi connectivity index (χ2v) is 15.4. The molecule has 0 unspecified atom stereocenters. The molecule has 10 nitrogen and oxygen atoms in total. The van der Waals surface area contributed by atoms with Crippen LogP contribution in [0.15, 0.2) is 143 Å². The highest BCUT2D eigenvalue weighted by atomic mass is 79.9. The SMILES string of the molecule is Cc1cc(C(=O)Nc2ccc(C3=NCCN3C)cc2F)n(-c2ccc3cc(Br)ccc3c2)n1.Cc1ccc(NC(=O)c2cc(C)nn2-c2ccc3ccccc3c2)cc1. The summed E-state index contributed by atoms with van der Waals surface area (Å²) in [6.07, 6.45) is 0. The van der Waals surface area contributed by atoms with Gasteiger partial charge in [0, 0.05) is 29.3 Å². The number of benzene rings is 6. The third-order valence-corrected chi connectivity index (χ3v) is 10.5. The summed E-state index contributed by atoms with van der Waals surface area (Å²) in [6, 6.07) is 42.1. The lowest BCUT2D eigenvalue weighted by atomic mass is 10.1. The van der Waals surface area contributed by atoms with Crippen molar-refractivity contribution in [2.75, 3.05) is 30.8 Å². The second-order valence-electron chi connectivity index (χ2n) is 14.5. The molecule has 3 heterocycles. The molecule has 1 aliphatic heterocycles. The molecule has 6 aromatic carbocycles. The molecular formula is C47H40BrFN8O2. The number of aryl methyl sites for hydroxylation is 3. The van der Waals surface area contributed by atoms with Crippen LogP contribution in [0.2, 0.25) is 0 Å². The number of likely N-dealkylation sites (N-methyl/N-ethyl adjacent to an activating group) is 1. The number of carbonyl (C=O) groups excluding carboxylic acids is 2. The van der Waals surface area contributed by atoms with Crippen LogP contribution < -0.4 is 10.6 Å². The fourth-order valence-corrected chi connectivity index (χ4v) is 7.36. The van der Waals surface area contributed by atoms with E-state index in [0.29, 0.717) is 29.2 Å². The van der Waals surface area contributed by atoms with Gasteiger partial charge in [0.15, 0.2) is 0 Å². The van der Waals surface area contributed by atoms with E-state index in [4.69, 9.17) is 0 Å². The molecule has 2 amide bonds.